The molecule has 2 N–H and O–H groups in total. The smallest absolute Gasteiger partial charge is 0.273 e. The summed E-state index contributed by atoms with van der Waals surface area (Å²) in [5.74, 6) is 1.14. The van der Waals surface area contributed by atoms with Crippen LogP contribution in [-0.2, 0) is 9.53 Å². The van der Waals surface area contributed by atoms with Gasteiger partial charge in [-0.1, -0.05) is 6.07 Å². The standard InChI is InChI=1S/C28H25N5O6S/c1-37-16-25(34)30-17-6-8-18(9-7-17)32-27(26(31-28(32)40)21-5-3-4-14-29-21)23-13-12-22(39-23)20-11-10-19(33(35)36)15-24(20)38-2/h3-15,26-27H,16H2,1-2H3,(H,30,34)(H,31,40)/t26-,27+/m1/s1. The second-order valence-corrected chi connectivity index (χ2v) is 9.26. The van der Waals surface area contributed by atoms with Crippen molar-refractivity contribution in [2.24, 2.45) is 0 Å². The van der Waals surface area contributed by atoms with Gasteiger partial charge in [-0.25, -0.2) is 0 Å². The van der Waals surface area contributed by atoms with Crippen molar-refractivity contribution in [1.82, 2.24) is 10.3 Å². The maximum Gasteiger partial charge on any atom is 0.273 e. The maximum atomic E-state index is 11.9. The highest BCUT2D eigenvalue weighted by Crippen LogP contribution is 2.44. The fourth-order valence-electron chi connectivity index (χ4n) is 4.61. The van der Waals surface area contributed by atoms with Gasteiger partial charge in [0.25, 0.3) is 5.69 Å². The number of amides is 1. The van der Waals surface area contributed by atoms with E-state index in [1.165, 1.54) is 26.4 Å². The second-order valence-electron chi connectivity index (χ2n) is 8.87. The van der Waals surface area contributed by atoms with E-state index in [0.29, 0.717) is 33.6 Å². The number of ether oxygens (including phenoxy) is 2. The molecule has 1 aliphatic rings. The van der Waals surface area contributed by atoms with Crippen LogP contribution in [0, 0.1) is 10.1 Å². The average Bonchev–Trinajstić information content (AvgIpc) is 3.58. The zero-order valence-electron chi connectivity index (χ0n) is 21.6. The Morgan fingerprint density at radius 3 is 2.62 bits per heavy atom. The molecule has 2 atom stereocenters. The van der Waals surface area contributed by atoms with Gasteiger partial charge in [0, 0.05) is 30.7 Å². The number of carbonyl (C=O) groups excluding carboxylic acids is 1. The predicted octanol–water partition coefficient (Wildman–Crippen LogP) is 5.02. The summed E-state index contributed by atoms with van der Waals surface area (Å²) in [7, 11) is 2.91. The van der Waals surface area contributed by atoms with Gasteiger partial charge in [-0.05, 0) is 66.8 Å². The fraction of sp³-hybridized carbons (Fsp3) is 0.179. The largest absolute Gasteiger partial charge is 0.496 e. The number of methoxy groups -OCH3 is 2. The number of pyridine rings is 1. The summed E-state index contributed by atoms with van der Waals surface area (Å²) in [6.07, 6.45) is 1.71. The van der Waals surface area contributed by atoms with Gasteiger partial charge in [-0.2, -0.15) is 0 Å². The topological polar surface area (TPSA) is 132 Å². The number of aromatic nitrogens is 1. The molecule has 0 radical (unpaired) electrons. The Labute approximate surface area is 234 Å². The van der Waals surface area contributed by atoms with Crippen LogP contribution in [0.4, 0.5) is 17.1 Å². The van der Waals surface area contributed by atoms with Gasteiger partial charge in [0.15, 0.2) is 5.11 Å². The number of anilines is 2. The van der Waals surface area contributed by atoms with Crippen LogP contribution < -0.4 is 20.3 Å². The zero-order valence-corrected chi connectivity index (χ0v) is 22.4. The molecule has 5 rings (SSSR count). The van der Waals surface area contributed by atoms with E-state index >= 15 is 0 Å². The van der Waals surface area contributed by atoms with E-state index in [0.717, 1.165) is 11.4 Å². The lowest BCUT2D eigenvalue weighted by molar-refractivity contribution is -0.384. The monoisotopic (exact) mass is 559 g/mol. The van der Waals surface area contributed by atoms with Crippen LogP contribution in [0.5, 0.6) is 5.75 Å². The van der Waals surface area contributed by atoms with Gasteiger partial charge in [0.05, 0.1) is 35.4 Å². The average molecular weight is 560 g/mol. The van der Waals surface area contributed by atoms with Crippen LogP contribution in [0.15, 0.2) is 83.4 Å². The molecule has 12 heteroatoms. The minimum absolute atomic E-state index is 0.0456. The Morgan fingerprint density at radius 1 is 1.15 bits per heavy atom. The number of nitrogens with one attached hydrogen (secondary N) is 2. The van der Waals surface area contributed by atoms with E-state index in [4.69, 9.17) is 26.1 Å². The van der Waals surface area contributed by atoms with Crippen LogP contribution in [-0.4, -0.2) is 41.8 Å². The van der Waals surface area contributed by atoms with Crippen molar-refractivity contribution in [2.75, 3.05) is 31.0 Å². The molecule has 0 aliphatic carbocycles. The van der Waals surface area contributed by atoms with Gasteiger partial charge < -0.3 is 29.4 Å². The van der Waals surface area contributed by atoms with Gasteiger partial charge >= 0.3 is 0 Å². The first-order valence-corrected chi connectivity index (χ1v) is 12.6. The molecule has 11 nitrogen and oxygen atoms in total. The van der Waals surface area contributed by atoms with Crippen LogP contribution in [0.25, 0.3) is 11.3 Å². The van der Waals surface area contributed by atoms with E-state index < -0.39 is 11.0 Å². The van der Waals surface area contributed by atoms with Crippen LogP contribution >= 0.6 is 12.2 Å². The van der Waals surface area contributed by atoms with Crippen molar-refractivity contribution in [3.8, 4) is 17.1 Å². The van der Waals surface area contributed by atoms with Crippen molar-refractivity contribution in [2.45, 2.75) is 12.1 Å². The third kappa shape index (κ3) is 5.35. The van der Waals surface area contributed by atoms with Gasteiger partial charge in [0.1, 0.15) is 29.9 Å². The third-order valence-electron chi connectivity index (χ3n) is 6.38. The van der Waals surface area contributed by atoms with E-state index in [9.17, 15) is 14.9 Å². The van der Waals surface area contributed by atoms with Gasteiger partial charge in [-0.15, -0.1) is 0 Å². The van der Waals surface area contributed by atoms with E-state index in [1.807, 2.05) is 41.3 Å². The molecule has 40 heavy (non-hydrogen) atoms. The number of carbonyl (C=O) groups is 1. The molecule has 0 unspecified atom stereocenters. The fourth-order valence-corrected chi connectivity index (χ4v) is 4.95. The first-order valence-electron chi connectivity index (χ1n) is 12.2. The summed E-state index contributed by atoms with van der Waals surface area (Å²) in [6.45, 7) is -0.0456. The maximum absolute atomic E-state index is 11.9. The quantitative estimate of drug-likeness (QED) is 0.164. The molecule has 1 saturated heterocycles. The van der Waals surface area contributed by atoms with Crippen LogP contribution in [0.3, 0.4) is 0 Å². The summed E-state index contributed by atoms with van der Waals surface area (Å²) < 4.78 is 16.7. The molecule has 204 valence electrons. The van der Waals surface area contributed by atoms with Gasteiger partial charge in [0.2, 0.25) is 5.91 Å². The molecule has 3 heterocycles. The lowest BCUT2D eigenvalue weighted by Crippen LogP contribution is -2.29. The normalized spacial score (nSPS) is 16.4. The lowest BCUT2D eigenvalue weighted by Gasteiger charge is -2.26. The zero-order chi connectivity index (χ0) is 28.2. The number of nitro benzene ring substituents is 1. The minimum atomic E-state index is -0.478. The Balaban J connectivity index is 1.52. The molecular formula is C28H25N5O6S. The molecule has 1 fully saturated rings. The number of thiocarbonyl (C=S) groups is 1. The second kappa shape index (κ2) is 11.5. The summed E-state index contributed by atoms with van der Waals surface area (Å²) in [4.78, 5) is 29.2. The van der Waals surface area contributed by atoms with E-state index in [1.54, 1.807) is 30.5 Å². The van der Waals surface area contributed by atoms with Crippen molar-refractivity contribution in [3.05, 3.63) is 101 Å². The Hall–Kier alpha value is -4.81. The molecule has 0 bridgehead atoms. The molecule has 0 saturated carbocycles. The highest BCUT2D eigenvalue weighted by Gasteiger charge is 2.42. The predicted molar refractivity (Wildman–Crippen MR) is 152 cm³/mol. The van der Waals surface area contributed by atoms with Gasteiger partial charge in [-0.3, -0.25) is 19.9 Å². The molecule has 1 aliphatic heterocycles. The number of non-ortho nitro benzene ring substituents is 1. The van der Waals surface area contributed by atoms with Crippen LogP contribution in [0.2, 0.25) is 0 Å². The van der Waals surface area contributed by atoms with Crippen molar-refractivity contribution in [3.63, 3.8) is 0 Å². The van der Waals surface area contributed by atoms with Crippen LogP contribution in [0.1, 0.15) is 23.5 Å². The third-order valence-corrected chi connectivity index (χ3v) is 6.70. The molecule has 2 aromatic heterocycles. The highest BCUT2D eigenvalue weighted by atomic mass is 32.1. The summed E-state index contributed by atoms with van der Waals surface area (Å²) in [5, 5.41) is 17.9. The Morgan fingerprint density at radius 2 is 1.95 bits per heavy atom. The Kier molecular flexibility index (Phi) is 7.71. The number of benzene rings is 2. The summed E-state index contributed by atoms with van der Waals surface area (Å²) >= 11 is 5.77. The Bertz CT molecular complexity index is 1540. The van der Waals surface area contributed by atoms with E-state index in [2.05, 4.69) is 15.6 Å². The van der Waals surface area contributed by atoms with Crippen molar-refractivity contribution >= 4 is 40.3 Å². The lowest BCUT2D eigenvalue weighted by atomic mass is 10.0. The number of furan rings is 1. The molecule has 2 aromatic carbocycles. The number of hydrogen-bond donors (Lipinski definition) is 2. The molecular weight excluding hydrogens is 534 g/mol. The molecule has 0 spiro atoms. The number of rotatable bonds is 9. The summed E-state index contributed by atoms with van der Waals surface area (Å²) in [5.41, 5.74) is 2.65. The van der Waals surface area contributed by atoms with Crippen molar-refractivity contribution in [1.29, 1.82) is 0 Å². The van der Waals surface area contributed by atoms with Crippen molar-refractivity contribution < 1.29 is 23.6 Å². The summed E-state index contributed by atoms with van der Waals surface area (Å²) in [6, 6.07) is 20.2. The number of hydrogen-bond acceptors (Lipinski definition) is 8. The minimum Gasteiger partial charge on any atom is -0.496 e. The SMILES string of the molecule is COCC(=O)Nc1ccc(N2C(=S)N[C@H](c3ccccn3)[C@@H]2c2ccc(-c3ccc([N+](=O)[O-])cc3OC)o2)cc1. The number of nitro groups is 1. The van der Waals surface area contributed by atoms with E-state index in [-0.39, 0.29) is 24.2 Å². The highest BCUT2D eigenvalue weighted by molar-refractivity contribution is 7.80. The first kappa shape index (κ1) is 26.8. The first-order chi connectivity index (χ1) is 19.4. The molecule has 4 aromatic rings. The molecule has 1 amide bonds. The number of nitrogens with zero attached hydrogens (tertiary/aromatic N) is 3.